The zero-order valence-electron chi connectivity index (χ0n) is 22.2. The Labute approximate surface area is 244 Å². The number of carbonyl (C=O) groups is 2. The number of nitrogens with one attached hydrogen (secondary N) is 1. The van der Waals surface area contributed by atoms with Crippen molar-refractivity contribution < 1.29 is 23.5 Å². The molecule has 0 fully saturated rings. The van der Waals surface area contributed by atoms with E-state index in [-0.39, 0.29) is 26.4 Å². The van der Waals surface area contributed by atoms with Crippen LogP contribution < -0.4 is 14.8 Å². The van der Waals surface area contributed by atoms with Gasteiger partial charge in [-0.15, -0.1) is 21.5 Å². The van der Waals surface area contributed by atoms with Crippen molar-refractivity contribution >= 4 is 23.2 Å². The summed E-state index contributed by atoms with van der Waals surface area (Å²) in [6, 6.07) is 23.0. The summed E-state index contributed by atoms with van der Waals surface area (Å²) in [5, 5.41) is 17.3. The van der Waals surface area contributed by atoms with Crippen LogP contribution in [-0.2, 0) is 29.2 Å². The quantitative estimate of drug-likeness (QED) is 0.260. The third kappa shape index (κ3) is 6.13. The molecular formula is C30H25FN6O4S. The van der Waals surface area contributed by atoms with E-state index in [9.17, 15) is 14.0 Å². The molecule has 2 amide bonds. The highest BCUT2D eigenvalue weighted by Crippen LogP contribution is 2.34. The Morgan fingerprint density at radius 3 is 2.57 bits per heavy atom. The molecule has 5 aromatic rings. The summed E-state index contributed by atoms with van der Waals surface area (Å²) < 4.78 is 24.9. The van der Waals surface area contributed by atoms with Crippen molar-refractivity contribution in [2.75, 3.05) is 6.79 Å². The summed E-state index contributed by atoms with van der Waals surface area (Å²) in [4.78, 5) is 31.3. The van der Waals surface area contributed by atoms with Crippen molar-refractivity contribution in [2.45, 2.75) is 25.7 Å². The second-order valence-electron chi connectivity index (χ2n) is 9.49. The van der Waals surface area contributed by atoms with Crippen LogP contribution in [-0.4, -0.2) is 43.7 Å². The van der Waals surface area contributed by atoms with E-state index < -0.39 is 23.7 Å². The zero-order chi connectivity index (χ0) is 28.9. The van der Waals surface area contributed by atoms with Crippen LogP contribution in [0, 0.1) is 5.82 Å². The van der Waals surface area contributed by atoms with Crippen molar-refractivity contribution in [3.8, 4) is 22.2 Å². The van der Waals surface area contributed by atoms with Crippen molar-refractivity contribution in [2.24, 2.45) is 0 Å². The number of benzene rings is 3. The van der Waals surface area contributed by atoms with E-state index in [0.29, 0.717) is 28.5 Å². The first-order valence-corrected chi connectivity index (χ1v) is 14.0. The predicted molar refractivity (Wildman–Crippen MR) is 152 cm³/mol. The molecular weight excluding hydrogens is 559 g/mol. The van der Waals surface area contributed by atoms with Gasteiger partial charge in [0.1, 0.15) is 18.4 Å². The number of thiophene rings is 1. The molecule has 212 valence electrons. The third-order valence-electron chi connectivity index (χ3n) is 6.64. The lowest BCUT2D eigenvalue weighted by Crippen LogP contribution is -2.44. The maximum absolute atomic E-state index is 14.0. The van der Waals surface area contributed by atoms with Crippen LogP contribution in [0.5, 0.6) is 11.5 Å². The van der Waals surface area contributed by atoms with Gasteiger partial charge in [0.25, 0.3) is 0 Å². The van der Waals surface area contributed by atoms with E-state index in [2.05, 4.69) is 20.7 Å². The first-order chi connectivity index (χ1) is 20.5. The molecule has 0 saturated carbocycles. The Morgan fingerprint density at radius 1 is 0.976 bits per heavy atom. The number of hydrogen-bond donors (Lipinski definition) is 1. The summed E-state index contributed by atoms with van der Waals surface area (Å²) >= 11 is 1.46. The summed E-state index contributed by atoms with van der Waals surface area (Å²) in [6.45, 7) is 0.125. The van der Waals surface area contributed by atoms with E-state index in [1.807, 2.05) is 47.8 Å². The van der Waals surface area contributed by atoms with Crippen LogP contribution in [0.2, 0.25) is 0 Å². The van der Waals surface area contributed by atoms with Crippen LogP contribution in [0.4, 0.5) is 4.39 Å². The molecule has 0 aliphatic carbocycles. The molecule has 1 aliphatic rings. The normalized spacial score (nSPS) is 12.6. The summed E-state index contributed by atoms with van der Waals surface area (Å²) in [5.41, 5.74) is 2.05. The third-order valence-corrected chi connectivity index (χ3v) is 7.50. The first kappa shape index (κ1) is 27.1. The zero-order valence-corrected chi connectivity index (χ0v) is 23.0. The summed E-state index contributed by atoms with van der Waals surface area (Å²) in [6.07, 6.45) is 0. The number of nitrogens with zero attached hydrogens (tertiary/aromatic N) is 5. The predicted octanol–water partition coefficient (Wildman–Crippen LogP) is 4.36. The highest BCUT2D eigenvalue weighted by atomic mass is 32.1. The minimum atomic E-state index is -1.09. The fourth-order valence-corrected chi connectivity index (χ4v) is 5.23. The van der Waals surface area contributed by atoms with E-state index >= 15 is 0 Å². The first-order valence-electron chi connectivity index (χ1n) is 13.1. The monoisotopic (exact) mass is 584 g/mol. The van der Waals surface area contributed by atoms with Gasteiger partial charge >= 0.3 is 0 Å². The second-order valence-corrected chi connectivity index (χ2v) is 10.4. The van der Waals surface area contributed by atoms with Gasteiger partial charge in [-0.1, -0.05) is 54.6 Å². The molecule has 12 heteroatoms. The molecule has 0 spiro atoms. The van der Waals surface area contributed by atoms with Gasteiger partial charge in [-0.25, -0.2) is 4.39 Å². The minimum Gasteiger partial charge on any atom is -0.454 e. The fourth-order valence-electron chi connectivity index (χ4n) is 4.59. The maximum Gasteiger partial charge on any atom is 0.247 e. The van der Waals surface area contributed by atoms with Crippen molar-refractivity contribution in [1.82, 2.24) is 30.4 Å². The van der Waals surface area contributed by atoms with Crippen LogP contribution in [0.25, 0.3) is 10.7 Å². The number of carbonyl (C=O) groups excluding carboxylic acids is 2. The lowest BCUT2D eigenvalue weighted by Gasteiger charge is -2.31. The van der Waals surface area contributed by atoms with Crippen molar-refractivity contribution in [3.05, 3.63) is 113 Å². The number of rotatable bonds is 10. The van der Waals surface area contributed by atoms with E-state index in [1.165, 1.54) is 45.3 Å². The molecule has 42 heavy (non-hydrogen) atoms. The number of aromatic nitrogens is 4. The molecule has 1 N–H and O–H groups in total. The smallest absolute Gasteiger partial charge is 0.247 e. The van der Waals surface area contributed by atoms with E-state index in [4.69, 9.17) is 9.47 Å². The van der Waals surface area contributed by atoms with Crippen molar-refractivity contribution in [1.29, 1.82) is 0 Å². The number of amides is 2. The molecule has 1 aliphatic heterocycles. The number of fused-ring (bicyclic) bond motifs is 1. The maximum atomic E-state index is 14.0. The Bertz CT molecular complexity index is 1680. The Hall–Kier alpha value is -5.10. The molecule has 6 rings (SSSR count). The minimum absolute atomic E-state index is 0.0444. The van der Waals surface area contributed by atoms with Gasteiger partial charge in [-0.2, -0.15) is 4.80 Å². The van der Waals surface area contributed by atoms with Gasteiger partial charge in [0.2, 0.25) is 24.4 Å². The molecule has 3 heterocycles. The highest BCUT2D eigenvalue weighted by Gasteiger charge is 2.32. The van der Waals surface area contributed by atoms with Gasteiger partial charge < -0.3 is 19.7 Å². The van der Waals surface area contributed by atoms with Gasteiger partial charge in [-0.3, -0.25) is 9.59 Å². The van der Waals surface area contributed by atoms with E-state index in [0.717, 1.165) is 10.4 Å². The number of tetrazole rings is 1. The van der Waals surface area contributed by atoms with Crippen LogP contribution in [0.1, 0.15) is 22.7 Å². The molecule has 10 nitrogen and oxygen atoms in total. The topological polar surface area (TPSA) is 111 Å². The molecule has 0 saturated heterocycles. The average Bonchev–Trinajstić information content (AvgIpc) is 3.79. The van der Waals surface area contributed by atoms with Gasteiger partial charge in [-0.05, 0) is 57.6 Å². The van der Waals surface area contributed by atoms with Crippen molar-refractivity contribution in [3.63, 3.8) is 0 Å². The van der Waals surface area contributed by atoms with Gasteiger partial charge in [0, 0.05) is 13.1 Å². The molecule has 0 unspecified atom stereocenters. The largest absolute Gasteiger partial charge is 0.454 e. The lowest BCUT2D eigenvalue weighted by molar-refractivity contribution is -0.142. The van der Waals surface area contributed by atoms with Crippen LogP contribution in [0.15, 0.2) is 90.3 Å². The number of ether oxygens (including phenoxy) is 2. The molecule has 1 atom stereocenters. The fraction of sp³-hybridized carbons (Fsp3) is 0.167. The Kier molecular flexibility index (Phi) is 7.86. The summed E-state index contributed by atoms with van der Waals surface area (Å²) in [7, 11) is 0. The Balaban J connectivity index is 1.33. The van der Waals surface area contributed by atoms with Gasteiger partial charge in [0.05, 0.1) is 4.88 Å². The number of halogens is 1. The van der Waals surface area contributed by atoms with Crippen LogP contribution in [0.3, 0.4) is 0 Å². The average molecular weight is 585 g/mol. The van der Waals surface area contributed by atoms with E-state index in [1.54, 1.807) is 18.2 Å². The standard InChI is InChI=1S/C30H25FN6O4S/c31-23-11-9-22(10-12-23)28(30(39)32-16-20-5-2-1-3-6-20)36(17-21-8-13-24-25(15-21)41-19-40-24)27(38)18-37-34-29(33-35-37)26-7-4-14-42-26/h1-15,28H,16-19H2,(H,32,39)/t28-/m0/s1. The Morgan fingerprint density at radius 2 is 1.79 bits per heavy atom. The number of hydrogen-bond acceptors (Lipinski definition) is 8. The molecule has 0 radical (unpaired) electrons. The molecule has 2 aromatic heterocycles. The highest BCUT2D eigenvalue weighted by molar-refractivity contribution is 7.13. The lowest BCUT2D eigenvalue weighted by atomic mass is 10.0. The molecule has 0 bridgehead atoms. The SMILES string of the molecule is O=C(NCc1ccccc1)[C@H](c1ccc(F)cc1)N(Cc1ccc2c(c1)OCO2)C(=O)Cn1nnc(-c2cccs2)n1. The van der Waals surface area contributed by atoms with Crippen LogP contribution >= 0.6 is 11.3 Å². The summed E-state index contributed by atoms with van der Waals surface area (Å²) in [5.74, 6) is 0.225. The van der Waals surface area contributed by atoms with Gasteiger partial charge in [0.15, 0.2) is 11.5 Å². The second kappa shape index (κ2) is 12.2. The molecule has 3 aromatic carbocycles.